The largest absolute Gasteiger partial charge is 0.314 e. The van der Waals surface area contributed by atoms with Crippen molar-refractivity contribution in [2.45, 2.75) is 45.6 Å². The highest BCUT2D eigenvalue weighted by Gasteiger charge is 2.18. The Morgan fingerprint density at radius 3 is 2.83 bits per heavy atom. The van der Waals surface area contributed by atoms with Gasteiger partial charge in [0.2, 0.25) is 0 Å². The van der Waals surface area contributed by atoms with E-state index in [4.69, 9.17) is 0 Å². The second-order valence-electron chi connectivity index (χ2n) is 5.20. The summed E-state index contributed by atoms with van der Waals surface area (Å²) in [6, 6.07) is 0.753. The molecule has 0 saturated carbocycles. The van der Waals surface area contributed by atoms with Crippen LogP contribution in [0.2, 0.25) is 0 Å². The van der Waals surface area contributed by atoms with Gasteiger partial charge in [0, 0.05) is 30.1 Å². The van der Waals surface area contributed by atoms with Crippen LogP contribution < -0.4 is 5.32 Å². The number of hydrogen-bond donors (Lipinski definition) is 1. The number of aryl methyl sites for hydroxylation is 1. The summed E-state index contributed by atoms with van der Waals surface area (Å²) in [5.41, 5.74) is 1.16. The summed E-state index contributed by atoms with van der Waals surface area (Å²) in [7, 11) is 0. The Kier molecular flexibility index (Phi) is 5.60. The molecule has 1 N–H and O–H groups in total. The minimum absolute atomic E-state index is 0.753. The lowest BCUT2D eigenvalue weighted by atomic mass is 10.0. The third kappa shape index (κ3) is 4.34. The first kappa shape index (κ1) is 14.0. The van der Waals surface area contributed by atoms with Crippen LogP contribution >= 0.6 is 11.3 Å². The van der Waals surface area contributed by atoms with Crippen LogP contribution in [0.1, 0.15) is 36.9 Å². The van der Waals surface area contributed by atoms with Gasteiger partial charge in [-0.3, -0.25) is 0 Å². The Bertz CT molecular complexity index is 343. The number of aromatic nitrogens is 1. The maximum atomic E-state index is 4.53. The van der Waals surface area contributed by atoms with E-state index < -0.39 is 0 Å². The van der Waals surface area contributed by atoms with Crippen molar-refractivity contribution in [3.63, 3.8) is 0 Å². The lowest BCUT2D eigenvalue weighted by Gasteiger charge is -2.32. The molecule has 1 aliphatic rings. The van der Waals surface area contributed by atoms with Gasteiger partial charge in [0.15, 0.2) is 0 Å². The molecule has 0 aliphatic carbocycles. The number of thiazole rings is 1. The summed E-state index contributed by atoms with van der Waals surface area (Å²) in [6.45, 7) is 9.14. The summed E-state index contributed by atoms with van der Waals surface area (Å²) in [6.07, 6.45) is 4.96. The zero-order valence-electron chi connectivity index (χ0n) is 11.6. The van der Waals surface area contributed by atoms with E-state index in [2.05, 4.69) is 34.4 Å². The zero-order chi connectivity index (χ0) is 12.8. The summed E-state index contributed by atoms with van der Waals surface area (Å²) < 4.78 is 0. The lowest BCUT2D eigenvalue weighted by Crippen LogP contribution is -2.43. The molecule has 2 heterocycles. The summed E-state index contributed by atoms with van der Waals surface area (Å²) in [5, 5.41) is 7.07. The maximum absolute atomic E-state index is 4.53. The molecule has 1 aromatic rings. The lowest BCUT2D eigenvalue weighted by molar-refractivity contribution is 0.200. The fraction of sp³-hybridized carbons (Fsp3) is 0.786. The van der Waals surface area contributed by atoms with Crippen LogP contribution in [0.3, 0.4) is 0 Å². The summed E-state index contributed by atoms with van der Waals surface area (Å²) in [4.78, 5) is 7.11. The van der Waals surface area contributed by atoms with Crippen molar-refractivity contribution in [3.8, 4) is 0 Å². The Hall–Kier alpha value is -0.450. The van der Waals surface area contributed by atoms with Gasteiger partial charge in [-0.15, -0.1) is 11.3 Å². The fourth-order valence-electron chi connectivity index (χ4n) is 2.48. The van der Waals surface area contributed by atoms with E-state index in [0.29, 0.717) is 0 Å². The van der Waals surface area contributed by atoms with Crippen molar-refractivity contribution in [2.75, 3.05) is 26.2 Å². The molecule has 1 aliphatic heterocycles. The van der Waals surface area contributed by atoms with Gasteiger partial charge in [0.05, 0.1) is 5.01 Å². The number of nitrogens with zero attached hydrogens (tertiary/aromatic N) is 2. The predicted octanol–water partition coefficient (Wildman–Crippen LogP) is 2.46. The number of likely N-dealkylation sites (tertiary alicyclic amines) is 1. The highest BCUT2D eigenvalue weighted by atomic mass is 32.1. The van der Waals surface area contributed by atoms with Gasteiger partial charge in [-0.2, -0.15) is 0 Å². The van der Waals surface area contributed by atoms with E-state index in [1.807, 2.05) is 0 Å². The van der Waals surface area contributed by atoms with Gasteiger partial charge in [-0.1, -0.05) is 6.92 Å². The summed E-state index contributed by atoms with van der Waals surface area (Å²) in [5.74, 6) is 0. The standard InChI is InChI=1S/C14H25N3S/c1-3-7-15-13-4-8-17(9-5-13)10-6-14-16-12(2)11-18-14/h11,13,15H,3-10H2,1-2H3. The molecule has 0 amide bonds. The average Bonchev–Trinajstić information content (AvgIpc) is 2.81. The van der Waals surface area contributed by atoms with Gasteiger partial charge in [-0.05, 0) is 45.8 Å². The van der Waals surface area contributed by atoms with Gasteiger partial charge in [-0.25, -0.2) is 4.98 Å². The Balaban J connectivity index is 1.64. The van der Waals surface area contributed by atoms with Crippen LogP contribution in [0.25, 0.3) is 0 Å². The Labute approximate surface area is 115 Å². The second-order valence-corrected chi connectivity index (χ2v) is 6.15. The maximum Gasteiger partial charge on any atom is 0.0940 e. The van der Waals surface area contributed by atoms with Crippen molar-refractivity contribution in [1.82, 2.24) is 15.2 Å². The van der Waals surface area contributed by atoms with Crippen molar-refractivity contribution in [2.24, 2.45) is 0 Å². The molecule has 4 heteroatoms. The van der Waals surface area contributed by atoms with Gasteiger partial charge in [0.25, 0.3) is 0 Å². The van der Waals surface area contributed by atoms with Crippen LogP contribution in [-0.4, -0.2) is 42.1 Å². The molecule has 3 nitrogen and oxygen atoms in total. The Morgan fingerprint density at radius 2 is 2.22 bits per heavy atom. The molecule has 1 aromatic heterocycles. The quantitative estimate of drug-likeness (QED) is 0.858. The molecule has 1 fully saturated rings. The number of piperidine rings is 1. The van der Waals surface area contributed by atoms with E-state index >= 15 is 0 Å². The predicted molar refractivity (Wildman–Crippen MR) is 78.3 cm³/mol. The highest BCUT2D eigenvalue weighted by Crippen LogP contribution is 2.13. The average molecular weight is 267 g/mol. The van der Waals surface area contributed by atoms with Gasteiger partial charge < -0.3 is 10.2 Å². The summed E-state index contributed by atoms with van der Waals surface area (Å²) >= 11 is 1.80. The molecule has 1 saturated heterocycles. The molecule has 0 aromatic carbocycles. The molecule has 0 radical (unpaired) electrons. The highest BCUT2D eigenvalue weighted by molar-refractivity contribution is 7.09. The minimum atomic E-state index is 0.753. The molecular formula is C14H25N3S. The topological polar surface area (TPSA) is 28.2 Å². The van der Waals surface area contributed by atoms with Gasteiger partial charge >= 0.3 is 0 Å². The van der Waals surface area contributed by atoms with Crippen molar-refractivity contribution >= 4 is 11.3 Å². The first-order valence-corrected chi connectivity index (χ1v) is 8.02. The van der Waals surface area contributed by atoms with E-state index in [-0.39, 0.29) is 0 Å². The SMILES string of the molecule is CCCNC1CCN(CCc2nc(C)cs2)CC1. The van der Waals surface area contributed by atoms with Crippen molar-refractivity contribution in [3.05, 3.63) is 16.1 Å². The molecule has 0 atom stereocenters. The van der Waals surface area contributed by atoms with E-state index in [0.717, 1.165) is 18.2 Å². The Morgan fingerprint density at radius 1 is 1.44 bits per heavy atom. The van der Waals surface area contributed by atoms with Crippen LogP contribution in [0, 0.1) is 6.92 Å². The monoisotopic (exact) mass is 267 g/mol. The third-order valence-electron chi connectivity index (χ3n) is 3.58. The van der Waals surface area contributed by atoms with E-state index in [1.165, 1.54) is 50.4 Å². The fourth-order valence-corrected chi connectivity index (χ4v) is 3.25. The molecule has 18 heavy (non-hydrogen) atoms. The van der Waals surface area contributed by atoms with Crippen LogP contribution in [0.4, 0.5) is 0 Å². The molecule has 102 valence electrons. The number of hydrogen-bond acceptors (Lipinski definition) is 4. The van der Waals surface area contributed by atoms with Crippen LogP contribution in [-0.2, 0) is 6.42 Å². The second kappa shape index (κ2) is 7.22. The third-order valence-corrected chi connectivity index (χ3v) is 4.61. The molecule has 2 rings (SSSR count). The smallest absolute Gasteiger partial charge is 0.0940 e. The van der Waals surface area contributed by atoms with Gasteiger partial charge in [0.1, 0.15) is 0 Å². The minimum Gasteiger partial charge on any atom is -0.314 e. The van der Waals surface area contributed by atoms with Crippen molar-refractivity contribution < 1.29 is 0 Å². The normalized spacial score (nSPS) is 18.3. The number of nitrogens with one attached hydrogen (secondary N) is 1. The van der Waals surface area contributed by atoms with Crippen LogP contribution in [0.15, 0.2) is 5.38 Å². The zero-order valence-corrected chi connectivity index (χ0v) is 12.4. The van der Waals surface area contributed by atoms with E-state index in [1.54, 1.807) is 11.3 Å². The van der Waals surface area contributed by atoms with E-state index in [9.17, 15) is 0 Å². The number of rotatable bonds is 6. The molecular weight excluding hydrogens is 242 g/mol. The first-order chi connectivity index (χ1) is 8.78. The molecule has 0 unspecified atom stereocenters. The first-order valence-electron chi connectivity index (χ1n) is 7.14. The molecule has 0 spiro atoms. The van der Waals surface area contributed by atoms with Crippen LogP contribution in [0.5, 0.6) is 0 Å². The van der Waals surface area contributed by atoms with Crippen molar-refractivity contribution in [1.29, 1.82) is 0 Å². The molecule has 0 bridgehead atoms.